The molecule has 2 atom stereocenters. The van der Waals surface area contributed by atoms with Gasteiger partial charge in [0.15, 0.2) is 0 Å². The molecule has 0 radical (unpaired) electrons. The second-order valence-corrected chi connectivity index (χ2v) is 4.36. The van der Waals surface area contributed by atoms with E-state index in [1.807, 2.05) is 6.92 Å². The largest absolute Gasteiger partial charge is 0.497 e. The van der Waals surface area contributed by atoms with Gasteiger partial charge >= 0.3 is 5.97 Å². The lowest BCUT2D eigenvalue weighted by Crippen LogP contribution is -2.37. The van der Waals surface area contributed by atoms with E-state index in [-0.39, 0.29) is 0 Å². The van der Waals surface area contributed by atoms with Crippen LogP contribution in [-0.4, -0.2) is 25.3 Å². The molecule has 18 heavy (non-hydrogen) atoms. The van der Waals surface area contributed by atoms with Crippen molar-refractivity contribution in [2.24, 2.45) is 5.92 Å². The molecule has 0 spiro atoms. The second-order valence-electron chi connectivity index (χ2n) is 4.36. The van der Waals surface area contributed by atoms with Crippen LogP contribution in [0.3, 0.4) is 0 Å². The van der Waals surface area contributed by atoms with Crippen LogP contribution in [0.15, 0.2) is 24.3 Å². The third kappa shape index (κ3) is 2.82. The van der Waals surface area contributed by atoms with Crippen molar-refractivity contribution in [2.45, 2.75) is 25.9 Å². The van der Waals surface area contributed by atoms with Gasteiger partial charge in [-0.25, -0.2) is 0 Å². The molecule has 1 rings (SSSR count). The average Bonchev–Trinajstić information content (AvgIpc) is 2.39. The van der Waals surface area contributed by atoms with Crippen molar-refractivity contribution in [1.82, 2.24) is 0 Å². The van der Waals surface area contributed by atoms with E-state index < -0.39 is 17.5 Å². The Morgan fingerprint density at radius 2 is 1.89 bits per heavy atom. The monoisotopic (exact) mass is 252 g/mol. The normalized spacial score (nSPS) is 15.6. The van der Waals surface area contributed by atoms with Crippen LogP contribution in [0.5, 0.6) is 5.75 Å². The van der Waals surface area contributed by atoms with E-state index in [0.717, 1.165) is 0 Å². The molecule has 0 fully saturated rings. The van der Waals surface area contributed by atoms with Crippen LogP contribution in [0.25, 0.3) is 0 Å². The molecule has 0 amide bonds. The van der Waals surface area contributed by atoms with Gasteiger partial charge in [0.1, 0.15) is 11.4 Å². The fourth-order valence-corrected chi connectivity index (χ4v) is 2.07. The number of carbonyl (C=O) groups is 1. The van der Waals surface area contributed by atoms with E-state index in [0.29, 0.717) is 17.7 Å². The summed E-state index contributed by atoms with van der Waals surface area (Å²) in [7, 11) is 2.91. The first-order valence-electron chi connectivity index (χ1n) is 5.92. The SMILES string of the molecule is CCC(C(=O)OC)C(C)(O)c1ccc(OC)cc1. The van der Waals surface area contributed by atoms with Crippen molar-refractivity contribution in [2.75, 3.05) is 14.2 Å². The Hall–Kier alpha value is -1.55. The van der Waals surface area contributed by atoms with Crippen LogP contribution in [0.4, 0.5) is 0 Å². The van der Waals surface area contributed by atoms with Crippen molar-refractivity contribution in [3.8, 4) is 5.75 Å². The average molecular weight is 252 g/mol. The molecule has 0 aromatic heterocycles. The summed E-state index contributed by atoms with van der Waals surface area (Å²) in [6.45, 7) is 3.47. The predicted octanol–water partition coefficient (Wildman–Crippen LogP) is 2.10. The third-order valence-corrected chi connectivity index (χ3v) is 3.25. The summed E-state index contributed by atoms with van der Waals surface area (Å²) in [5.41, 5.74) is -0.589. The summed E-state index contributed by atoms with van der Waals surface area (Å²) >= 11 is 0. The van der Waals surface area contributed by atoms with Crippen molar-refractivity contribution in [1.29, 1.82) is 0 Å². The van der Waals surface area contributed by atoms with Crippen molar-refractivity contribution in [3.63, 3.8) is 0 Å². The Labute approximate surface area is 108 Å². The van der Waals surface area contributed by atoms with Gasteiger partial charge in [-0.05, 0) is 31.0 Å². The van der Waals surface area contributed by atoms with Crippen LogP contribution in [-0.2, 0) is 15.1 Å². The van der Waals surface area contributed by atoms with Gasteiger partial charge in [0.05, 0.1) is 20.1 Å². The summed E-state index contributed by atoms with van der Waals surface area (Å²) in [6, 6.07) is 7.02. The Morgan fingerprint density at radius 1 is 1.33 bits per heavy atom. The molecule has 4 heteroatoms. The fraction of sp³-hybridized carbons (Fsp3) is 0.500. The number of ether oxygens (including phenoxy) is 2. The molecular weight excluding hydrogens is 232 g/mol. The Morgan fingerprint density at radius 3 is 2.28 bits per heavy atom. The van der Waals surface area contributed by atoms with Gasteiger partial charge in [0.25, 0.3) is 0 Å². The summed E-state index contributed by atoms with van der Waals surface area (Å²) < 4.78 is 9.80. The predicted molar refractivity (Wildman–Crippen MR) is 68.4 cm³/mol. The second kappa shape index (κ2) is 5.87. The highest BCUT2D eigenvalue weighted by molar-refractivity contribution is 5.74. The summed E-state index contributed by atoms with van der Waals surface area (Å²) in [5.74, 6) is -0.283. The smallest absolute Gasteiger partial charge is 0.311 e. The maximum atomic E-state index is 11.7. The van der Waals surface area contributed by atoms with Crippen molar-refractivity contribution < 1.29 is 19.4 Å². The van der Waals surface area contributed by atoms with Gasteiger partial charge in [-0.1, -0.05) is 19.1 Å². The number of esters is 1. The zero-order chi connectivity index (χ0) is 13.8. The molecule has 0 aliphatic heterocycles. The first-order chi connectivity index (χ1) is 8.47. The van der Waals surface area contributed by atoms with E-state index in [1.54, 1.807) is 38.3 Å². The molecule has 1 aromatic rings. The summed E-state index contributed by atoms with van der Waals surface area (Å²) in [4.78, 5) is 11.7. The molecule has 1 N–H and O–H groups in total. The number of carbonyl (C=O) groups excluding carboxylic acids is 1. The molecule has 0 heterocycles. The molecule has 4 nitrogen and oxygen atoms in total. The fourth-order valence-electron chi connectivity index (χ4n) is 2.07. The van der Waals surface area contributed by atoms with Crippen LogP contribution < -0.4 is 4.74 Å². The highest BCUT2D eigenvalue weighted by Crippen LogP contribution is 2.33. The minimum atomic E-state index is -1.26. The standard InChI is InChI=1S/C14H20O4/c1-5-12(13(15)18-4)14(2,16)10-6-8-11(17-3)9-7-10/h6-9,12,16H,5H2,1-4H3. The van der Waals surface area contributed by atoms with Gasteiger partial charge < -0.3 is 14.6 Å². The lowest BCUT2D eigenvalue weighted by molar-refractivity contribution is -0.155. The molecule has 0 saturated heterocycles. The zero-order valence-electron chi connectivity index (χ0n) is 11.3. The van der Waals surface area contributed by atoms with E-state index in [4.69, 9.17) is 9.47 Å². The van der Waals surface area contributed by atoms with Crippen LogP contribution in [0.2, 0.25) is 0 Å². The molecule has 2 unspecified atom stereocenters. The Balaban J connectivity index is 3.05. The molecule has 0 saturated carbocycles. The lowest BCUT2D eigenvalue weighted by atomic mass is 9.81. The van der Waals surface area contributed by atoms with Crippen LogP contribution in [0, 0.1) is 5.92 Å². The van der Waals surface area contributed by atoms with Gasteiger partial charge in [0.2, 0.25) is 0 Å². The van der Waals surface area contributed by atoms with Gasteiger partial charge in [0, 0.05) is 0 Å². The van der Waals surface area contributed by atoms with E-state index in [2.05, 4.69) is 0 Å². The number of hydrogen-bond acceptors (Lipinski definition) is 4. The topological polar surface area (TPSA) is 55.8 Å². The van der Waals surface area contributed by atoms with E-state index >= 15 is 0 Å². The molecule has 0 aliphatic carbocycles. The van der Waals surface area contributed by atoms with Crippen LogP contribution in [0.1, 0.15) is 25.8 Å². The molecule has 100 valence electrons. The number of hydrogen-bond donors (Lipinski definition) is 1. The first kappa shape index (κ1) is 14.5. The number of rotatable bonds is 5. The van der Waals surface area contributed by atoms with E-state index in [1.165, 1.54) is 7.11 Å². The zero-order valence-corrected chi connectivity index (χ0v) is 11.3. The minimum Gasteiger partial charge on any atom is -0.497 e. The highest BCUT2D eigenvalue weighted by atomic mass is 16.5. The van der Waals surface area contributed by atoms with Crippen molar-refractivity contribution >= 4 is 5.97 Å². The minimum absolute atomic E-state index is 0.404. The molecule has 1 aromatic carbocycles. The van der Waals surface area contributed by atoms with Gasteiger partial charge in [-0.15, -0.1) is 0 Å². The number of aliphatic hydroxyl groups is 1. The van der Waals surface area contributed by atoms with Gasteiger partial charge in [-0.2, -0.15) is 0 Å². The lowest BCUT2D eigenvalue weighted by Gasteiger charge is -2.30. The molecule has 0 bridgehead atoms. The van der Waals surface area contributed by atoms with Crippen LogP contribution >= 0.6 is 0 Å². The molecule has 0 aliphatic rings. The quantitative estimate of drug-likeness (QED) is 0.815. The highest BCUT2D eigenvalue weighted by Gasteiger charge is 2.38. The van der Waals surface area contributed by atoms with Gasteiger partial charge in [-0.3, -0.25) is 4.79 Å². The maximum absolute atomic E-state index is 11.7. The Kier molecular flexibility index (Phi) is 4.73. The summed E-state index contributed by atoms with van der Waals surface area (Å²) in [6.07, 6.45) is 0.506. The van der Waals surface area contributed by atoms with E-state index in [9.17, 15) is 9.90 Å². The van der Waals surface area contributed by atoms with Crippen molar-refractivity contribution in [3.05, 3.63) is 29.8 Å². The summed E-state index contributed by atoms with van der Waals surface area (Å²) in [5, 5.41) is 10.6. The molecular formula is C14H20O4. The Bertz CT molecular complexity index is 395. The number of benzene rings is 1. The number of methoxy groups -OCH3 is 2. The maximum Gasteiger partial charge on any atom is 0.311 e. The first-order valence-corrected chi connectivity index (χ1v) is 5.92. The third-order valence-electron chi connectivity index (χ3n) is 3.25.